The summed E-state index contributed by atoms with van der Waals surface area (Å²) in [6.07, 6.45) is 3.19. The number of benzene rings is 3. The Morgan fingerprint density at radius 3 is 2.13 bits per heavy atom. The van der Waals surface area contributed by atoms with Gasteiger partial charge in [0.15, 0.2) is 0 Å². The Balaban J connectivity index is 1.71. The monoisotopic (exact) mass is 528 g/mol. The third-order valence-corrected chi connectivity index (χ3v) is 6.92. The highest BCUT2D eigenvalue weighted by Crippen LogP contribution is 2.41. The molecule has 1 aliphatic rings. The minimum absolute atomic E-state index is 0.0720. The molecule has 1 saturated heterocycles. The zero-order valence-electron chi connectivity index (χ0n) is 23.0. The zero-order valence-corrected chi connectivity index (χ0v) is 23.0. The van der Waals surface area contributed by atoms with Crippen LogP contribution in [0.25, 0.3) is 5.76 Å². The number of amides is 1. The predicted octanol–water partition coefficient (Wildman–Crippen LogP) is 5.95. The molecule has 0 saturated carbocycles. The summed E-state index contributed by atoms with van der Waals surface area (Å²) in [5.41, 5.74) is 3.10. The van der Waals surface area contributed by atoms with Gasteiger partial charge in [-0.3, -0.25) is 9.59 Å². The number of nitrogens with zero attached hydrogens (tertiary/aromatic N) is 2. The lowest BCUT2D eigenvalue weighted by atomic mass is 9.95. The average Bonchev–Trinajstić information content (AvgIpc) is 3.20. The van der Waals surface area contributed by atoms with E-state index in [1.165, 1.54) is 4.90 Å². The molecular weight excluding hydrogens is 492 g/mol. The lowest BCUT2D eigenvalue weighted by Gasteiger charge is -2.26. The lowest BCUT2D eigenvalue weighted by molar-refractivity contribution is -0.140. The molecule has 1 aliphatic heterocycles. The van der Waals surface area contributed by atoms with Crippen LogP contribution in [0.3, 0.4) is 0 Å². The number of carbonyl (C=O) groups excluding carboxylic acids is 2. The molecule has 204 valence electrons. The van der Waals surface area contributed by atoms with Gasteiger partial charge in [0, 0.05) is 31.9 Å². The standard InChI is InChI=1S/C32H36N2O5/c1-5-6-7-20-39-27-18-12-24(13-19-27)30(35)28-29(23-10-14-25(15-11-23)33(2)3)34(32(37)31(28)36)21-22-8-16-26(38-4)17-9-22/h8-19,29,35H,5-7,20-21H2,1-4H3/b30-28-. The summed E-state index contributed by atoms with van der Waals surface area (Å²) in [5, 5.41) is 11.4. The second-order valence-corrected chi connectivity index (χ2v) is 9.84. The highest BCUT2D eigenvalue weighted by atomic mass is 16.5. The van der Waals surface area contributed by atoms with Gasteiger partial charge < -0.3 is 24.4 Å². The number of hydrogen-bond acceptors (Lipinski definition) is 6. The summed E-state index contributed by atoms with van der Waals surface area (Å²) in [7, 11) is 5.49. The number of unbranched alkanes of at least 4 members (excludes halogenated alkanes) is 2. The van der Waals surface area contributed by atoms with Crippen LogP contribution in [-0.4, -0.2) is 49.5 Å². The van der Waals surface area contributed by atoms with Gasteiger partial charge in [-0.25, -0.2) is 0 Å². The van der Waals surface area contributed by atoms with Gasteiger partial charge in [0.2, 0.25) is 0 Å². The van der Waals surface area contributed by atoms with Crippen LogP contribution in [0.15, 0.2) is 78.4 Å². The molecule has 7 nitrogen and oxygen atoms in total. The van der Waals surface area contributed by atoms with Gasteiger partial charge in [-0.15, -0.1) is 0 Å². The molecule has 3 aromatic carbocycles. The van der Waals surface area contributed by atoms with E-state index in [1.54, 1.807) is 31.4 Å². The minimum Gasteiger partial charge on any atom is -0.507 e. The highest BCUT2D eigenvalue weighted by molar-refractivity contribution is 6.46. The van der Waals surface area contributed by atoms with Crippen LogP contribution in [0.1, 0.15) is 48.9 Å². The maximum atomic E-state index is 13.4. The van der Waals surface area contributed by atoms with Crippen LogP contribution >= 0.6 is 0 Å². The van der Waals surface area contributed by atoms with Crippen molar-refractivity contribution in [2.75, 3.05) is 32.7 Å². The summed E-state index contributed by atoms with van der Waals surface area (Å²) >= 11 is 0. The molecule has 0 spiro atoms. The van der Waals surface area contributed by atoms with Crippen molar-refractivity contribution in [3.63, 3.8) is 0 Å². The van der Waals surface area contributed by atoms with Crippen LogP contribution < -0.4 is 14.4 Å². The van der Waals surface area contributed by atoms with Crippen molar-refractivity contribution < 1.29 is 24.2 Å². The Hall–Kier alpha value is -4.26. The van der Waals surface area contributed by atoms with Crippen LogP contribution in [-0.2, 0) is 16.1 Å². The topological polar surface area (TPSA) is 79.3 Å². The number of rotatable bonds is 11. The molecule has 1 heterocycles. The van der Waals surface area contributed by atoms with Crippen molar-refractivity contribution in [3.8, 4) is 11.5 Å². The number of carbonyl (C=O) groups is 2. The number of Topliss-reactive ketones (excluding diaryl/α,β-unsaturated/α-hetero) is 1. The Bertz CT molecular complexity index is 1310. The number of anilines is 1. The summed E-state index contributed by atoms with van der Waals surface area (Å²) in [5.74, 6) is -0.162. The van der Waals surface area contributed by atoms with E-state index in [0.29, 0.717) is 23.7 Å². The van der Waals surface area contributed by atoms with Crippen LogP contribution in [0.5, 0.6) is 11.5 Å². The van der Waals surface area contributed by atoms with Crippen LogP contribution in [0.4, 0.5) is 5.69 Å². The molecule has 1 atom stereocenters. The van der Waals surface area contributed by atoms with Gasteiger partial charge in [-0.1, -0.05) is 44.0 Å². The number of aliphatic hydroxyl groups is 1. The van der Waals surface area contributed by atoms with Crippen molar-refractivity contribution in [1.29, 1.82) is 0 Å². The number of ether oxygens (including phenoxy) is 2. The SMILES string of the molecule is CCCCCOc1ccc(/C(O)=C2/C(=O)C(=O)N(Cc3ccc(OC)cc3)C2c2ccc(N(C)C)cc2)cc1. The Labute approximate surface area is 230 Å². The first-order valence-electron chi connectivity index (χ1n) is 13.3. The molecule has 1 amide bonds. The van der Waals surface area contributed by atoms with Gasteiger partial charge in [0.1, 0.15) is 17.3 Å². The van der Waals surface area contributed by atoms with Crippen LogP contribution in [0.2, 0.25) is 0 Å². The second-order valence-electron chi connectivity index (χ2n) is 9.84. The maximum Gasteiger partial charge on any atom is 0.295 e. The van der Waals surface area contributed by atoms with Crippen molar-refractivity contribution in [3.05, 3.63) is 95.1 Å². The van der Waals surface area contributed by atoms with Gasteiger partial charge in [-0.05, 0) is 66.1 Å². The molecule has 0 aliphatic carbocycles. The smallest absolute Gasteiger partial charge is 0.295 e. The molecule has 7 heteroatoms. The summed E-state index contributed by atoms with van der Waals surface area (Å²) in [4.78, 5) is 30.2. The first-order chi connectivity index (χ1) is 18.8. The normalized spacial score (nSPS) is 16.4. The van der Waals surface area contributed by atoms with E-state index in [9.17, 15) is 14.7 Å². The molecule has 3 aromatic rings. The quantitative estimate of drug-likeness (QED) is 0.143. The highest BCUT2D eigenvalue weighted by Gasteiger charge is 2.46. The summed E-state index contributed by atoms with van der Waals surface area (Å²) in [6, 6.07) is 21.3. The van der Waals surface area contributed by atoms with E-state index >= 15 is 0 Å². The predicted molar refractivity (Wildman–Crippen MR) is 153 cm³/mol. The van der Waals surface area contributed by atoms with E-state index < -0.39 is 17.7 Å². The Kier molecular flexibility index (Phi) is 8.92. The largest absolute Gasteiger partial charge is 0.507 e. The third kappa shape index (κ3) is 6.25. The number of hydrogen-bond donors (Lipinski definition) is 1. The number of methoxy groups -OCH3 is 1. The Morgan fingerprint density at radius 1 is 0.897 bits per heavy atom. The second kappa shape index (κ2) is 12.5. The molecule has 1 unspecified atom stereocenters. The molecular formula is C32H36N2O5. The molecule has 1 fully saturated rings. The number of aliphatic hydroxyl groups excluding tert-OH is 1. The van der Waals surface area contributed by atoms with Crippen molar-refractivity contribution in [2.24, 2.45) is 0 Å². The Morgan fingerprint density at radius 2 is 1.54 bits per heavy atom. The fraction of sp³-hybridized carbons (Fsp3) is 0.312. The van der Waals surface area contributed by atoms with Crippen molar-refractivity contribution in [1.82, 2.24) is 4.90 Å². The molecule has 4 rings (SSSR count). The minimum atomic E-state index is -0.742. The van der Waals surface area contributed by atoms with E-state index in [0.717, 1.165) is 36.1 Å². The first-order valence-corrected chi connectivity index (χ1v) is 13.3. The zero-order chi connectivity index (χ0) is 27.9. The summed E-state index contributed by atoms with van der Waals surface area (Å²) in [6.45, 7) is 2.97. The molecule has 0 aromatic heterocycles. The number of likely N-dealkylation sites (tertiary alicyclic amines) is 1. The van der Waals surface area contributed by atoms with E-state index in [4.69, 9.17) is 9.47 Å². The summed E-state index contributed by atoms with van der Waals surface area (Å²) < 4.78 is 11.0. The van der Waals surface area contributed by atoms with E-state index in [2.05, 4.69) is 6.92 Å². The van der Waals surface area contributed by atoms with E-state index in [1.807, 2.05) is 67.5 Å². The maximum absolute atomic E-state index is 13.4. The first kappa shape index (κ1) is 27.8. The fourth-order valence-electron chi connectivity index (χ4n) is 4.68. The van der Waals surface area contributed by atoms with E-state index in [-0.39, 0.29) is 17.9 Å². The van der Waals surface area contributed by atoms with Gasteiger partial charge in [0.25, 0.3) is 11.7 Å². The fourth-order valence-corrected chi connectivity index (χ4v) is 4.68. The molecule has 0 bridgehead atoms. The molecule has 1 N–H and O–H groups in total. The lowest BCUT2D eigenvalue weighted by Crippen LogP contribution is -2.29. The molecule has 39 heavy (non-hydrogen) atoms. The van der Waals surface area contributed by atoms with Gasteiger partial charge >= 0.3 is 0 Å². The van der Waals surface area contributed by atoms with Crippen LogP contribution in [0, 0.1) is 0 Å². The molecule has 0 radical (unpaired) electrons. The average molecular weight is 529 g/mol. The van der Waals surface area contributed by atoms with Gasteiger partial charge in [-0.2, -0.15) is 0 Å². The van der Waals surface area contributed by atoms with Gasteiger partial charge in [0.05, 0.1) is 25.3 Å². The van der Waals surface area contributed by atoms with Crippen molar-refractivity contribution >= 4 is 23.1 Å². The third-order valence-electron chi connectivity index (χ3n) is 6.92. The number of ketones is 1. The van der Waals surface area contributed by atoms with Crippen molar-refractivity contribution in [2.45, 2.75) is 38.8 Å².